The molecule has 0 unspecified atom stereocenters. The number of aromatic amines is 1. The number of benzene rings is 1. The van der Waals surface area contributed by atoms with Crippen molar-refractivity contribution in [2.75, 3.05) is 0 Å². The van der Waals surface area contributed by atoms with E-state index in [1.807, 2.05) is 24.3 Å². The van der Waals surface area contributed by atoms with E-state index in [1.54, 1.807) is 12.5 Å². The van der Waals surface area contributed by atoms with Crippen LogP contribution in [0.25, 0.3) is 11.3 Å². The van der Waals surface area contributed by atoms with Crippen LogP contribution >= 0.6 is 0 Å². The van der Waals surface area contributed by atoms with Crippen molar-refractivity contribution < 1.29 is 18.0 Å². The third kappa shape index (κ3) is 4.47. The van der Waals surface area contributed by atoms with Crippen LogP contribution in [0.15, 0.2) is 55.2 Å². The fourth-order valence-corrected chi connectivity index (χ4v) is 2.40. The number of amides is 1. The van der Waals surface area contributed by atoms with Crippen LogP contribution in [0.5, 0.6) is 0 Å². The van der Waals surface area contributed by atoms with Gasteiger partial charge in [0.25, 0.3) is 0 Å². The second-order valence-corrected chi connectivity index (χ2v) is 5.68. The van der Waals surface area contributed by atoms with Gasteiger partial charge >= 0.3 is 6.18 Å². The second-order valence-electron chi connectivity index (χ2n) is 5.68. The molecule has 0 aliphatic carbocycles. The van der Waals surface area contributed by atoms with E-state index in [4.69, 9.17) is 0 Å². The quantitative estimate of drug-likeness (QED) is 0.733. The number of aromatic nitrogens is 3. The number of nitrogens with zero attached hydrogens (tertiary/aromatic N) is 2. The molecule has 1 aromatic carbocycles. The van der Waals surface area contributed by atoms with E-state index in [9.17, 15) is 18.0 Å². The standard InChI is InChI=1S/C18H15F3N4O/c19-18(20,21)15-5-13(7-22-9-15)8-24-17(26)6-12-1-3-14(4-2-12)16-10-23-11-25-16/h1-5,7,9-11H,6,8H2,(H,23,25)(H,24,26). The summed E-state index contributed by atoms with van der Waals surface area (Å²) in [6.45, 7) is -0.0128. The zero-order chi connectivity index (χ0) is 18.6. The number of carbonyl (C=O) groups excluding carboxylic acids is 1. The Balaban J connectivity index is 1.56. The van der Waals surface area contributed by atoms with Crippen molar-refractivity contribution in [3.8, 4) is 11.3 Å². The molecule has 0 radical (unpaired) electrons. The van der Waals surface area contributed by atoms with Crippen LogP contribution in [-0.2, 0) is 23.9 Å². The van der Waals surface area contributed by atoms with Gasteiger partial charge in [0.2, 0.25) is 5.91 Å². The summed E-state index contributed by atoms with van der Waals surface area (Å²) in [5.74, 6) is -0.282. The van der Waals surface area contributed by atoms with E-state index in [1.165, 1.54) is 6.20 Å². The minimum absolute atomic E-state index is 0.0128. The first-order valence-corrected chi connectivity index (χ1v) is 7.78. The average Bonchev–Trinajstić information content (AvgIpc) is 3.15. The van der Waals surface area contributed by atoms with Crippen LogP contribution in [0, 0.1) is 0 Å². The van der Waals surface area contributed by atoms with E-state index < -0.39 is 11.7 Å². The summed E-state index contributed by atoms with van der Waals surface area (Å²) in [4.78, 5) is 22.6. The highest BCUT2D eigenvalue weighted by Gasteiger charge is 2.30. The Bertz CT molecular complexity index is 874. The Morgan fingerprint density at radius 2 is 1.88 bits per heavy atom. The van der Waals surface area contributed by atoms with Gasteiger partial charge in [-0.25, -0.2) is 4.98 Å². The van der Waals surface area contributed by atoms with Crippen molar-refractivity contribution in [1.29, 1.82) is 0 Å². The van der Waals surface area contributed by atoms with Gasteiger partial charge in [0.1, 0.15) is 0 Å². The second kappa shape index (κ2) is 7.38. The van der Waals surface area contributed by atoms with Gasteiger partial charge in [-0.2, -0.15) is 13.2 Å². The van der Waals surface area contributed by atoms with Crippen LogP contribution in [0.2, 0.25) is 0 Å². The summed E-state index contributed by atoms with van der Waals surface area (Å²) in [5.41, 5.74) is 1.98. The highest BCUT2D eigenvalue weighted by atomic mass is 19.4. The third-order valence-electron chi connectivity index (χ3n) is 3.72. The molecule has 0 fully saturated rings. The number of alkyl halides is 3. The molecular weight excluding hydrogens is 345 g/mol. The molecule has 0 saturated heterocycles. The predicted octanol–water partition coefficient (Wildman–Crippen LogP) is 3.35. The SMILES string of the molecule is O=C(Cc1ccc(-c2c[nH]cn2)cc1)NCc1cncc(C(F)(F)F)c1. The number of rotatable bonds is 5. The number of carbonyl (C=O) groups is 1. The normalized spacial score (nSPS) is 11.3. The van der Waals surface area contributed by atoms with Gasteiger partial charge in [0.05, 0.1) is 24.0 Å². The van der Waals surface area contributed by atoms with Crippen LogP contribution in [0.4, 0.5) is 13.2 Å². The molecule has 2 heterocycles. The van der Waals surface area contributed by atoms with E-state index in [2.05, 4.69) is 20.3 Å². The van der Waals surface area contributed by atoms with Gasteiger partial charge in [-0.05, 0) is 17.2 Å². The lowest BCUT2D eigenvalue weighted by atomic mass is 10.1. The third-order valence-corrected chi connectivity index (χ3v) is 3.72. The predicted molar refractivity (Wildman–Crippen MR) is 88.8 cm³/mol. The summed E-state index contributed by atoms with van der Waals surface area (Å²) < 4.78 is 38.0. The number of hydrogen-bond acceptors (Lipinski definition) is 3. The smallest absolute Gasteiger partial charge is 0.352 e. The summed E-state index contributed by atoms with van der Waals surface area (Å²) in [5, 5.41) is 2.60. The summed E-state index contributed by atoms with van der Waals surface area (Å²) in [7, 11) is 0. The lowest BCUT2D eigenvalue weighted by Gasteiger charge is -2.09. The number of H-pyrrole nitrogens is 1. The molecule has 8 heteroatoms. The number of halogens is 3. The summed E-state index contributed by atoms with van der Waals surface area (Å²) in [6.07, 6.45) is 1.08. The summed E-state index contributed by atoms with van der Waals surface area (Å²) in [6, 6.07) is 8.32. The Labute approximate surface area is 147 Å². The topological polar surface area (TPSA) is 70.7 Å². The maximum absolute atomic E-state index is 12.7. The van der Waals surface area contributed by atoms with Crippen molar-refractivity contribution in [3.63, 3.8) is 0 Å². The first-order valence-electron chi connectivity index (χ1n) is 7.78. The van der Waals surface area contributed by atoms with E-state index >= 15 is 0 Å². The van der Waals surface area contributed by atoms with Gasteiger partial charge in [0.15, 0.2) is 0 Å². The first kappa shape index (κ1) is 17.7. The van der Waals surface area contributed by atoms with E-state index in [0.717, 1.165) is 29.1 Å². The fourth-order valence-electron chi connectivity index (χ4n) is 2.40. The Morgan fingerprint density at radius 3 is 2.54 bits per heavy atom. The molecule has 0 spiro atoms. The van der Waals surface area contributed by atoms with Crippen molar-refractivity contribution >= 4 is 5.91 Å². The molecule has 2 N–H and O–H groups in total. The molecule has 0 atom stereocenters. The van der Waals surface area contributed by atoms with Crippen LogP contribution < -0.4 is 5.32 Å². The van der Waals surface area contributed by atoms with Gasteiger partial charge in [-0.3, -0.25) is 9.78 Å². The molecule has 26 heavy (non-hydrogen) atoms. The van der Waals surface area contributed by atoms with Crippen LogP contribution in [0.3, 0.4) is 0 Å². The number of hydrogen-bond donors (Lipinski definition) is 2. The van der Waals surface area contributed by atoms with E-state index in [0.29, 0.717) is 5.56 Å². The molecule has 3 rings (SSSR count). The first-order chi connectivity index (χ1) is 12.4. The van der Waals surface area contributed by atoms with Gasteiger partial charge in [0, 0.05) is 30.7 Å². The number of imidazole rings is 1. The molecule has 0 aliphatic heterocycles. The highest BCUT2D eigenvalue weighted by Crippen LogP contribution is 2.28. The lowest BCUT2D eigenvalue weighted by Crippen LogP contribution is -2.24. The zero-order valence-electron chi connectivity index (χ0n) is 13.5. The molecule has 5 nitrogen and oxygen atoms in total. The maximum Gasteiger partial charge on any atom is 0.417 e. The van der Waals surface area contributed by atoms with Gasteiger partial charge in [-0.1, -0.05) is 24.3 Å². The Morgan fingerprint density at radius 1 is 1.12 bits per heavy atom. The Kier molecular flexibility index (Phi) is 5.01. The maximum atomic E-state index is 12.7. The van der Waals surface area contributed by atoms with Crippen molar-refractivity contribution in [2.24, 2.45) is 0 Å². The van der Waals surface area contributed by atoms with Crippen molar-refractivity contribution in [1.82, 2.24) is 20.3 Å². The summed E-state index contributed by atoms with van der Waals surface area (Å²) >= 11 is 0. The van der Waals surface area contributed by atoms with Crippen molar-refractivity contribution in [2.45, 2.75) is 19.1 Å². The van der Waals surface area contributed by atoms with Crippen LogP contribution in [-0.4, -0.2) is 20.9 Å². The molecule has 134 valence electrons. The monoisotopic (exact) mass is 360 g/mol. The fraction of sp³-hybridized carbons (Fsp3) is 0.167. The molecule has 3 aromatic rings. The number of pyridine rings is 1. The minimum atomic E-state index is -4.46. The van der Waals surface area contributed by atoms with Gasteiger partial charge in [-0.15, -0.1) is 0 Å². The molecule has 0 saturated carbocycles. The van der Waals surface area contributed by atoms with Crippen molar-refractivity contribution in [3.05, 3.63) is 71.9 Å². The number of nitrogens with one attached hydrogen (secondary N) is 2. The lowest BCUT2D eigenvalue weighted by molar-refractivity contribution is -0.137. The van der Waals surface area contributed by atoms with Gasteiger partial charge < -0.3 is 10.3 Å². The average molecular weight is 360 g/mol. The largest absolute Gasteiger partial charge is 0.417 e. The molecular formula is C18H15F3N4O. The molecule has 2 aromatic heterocycles. The molecule has 1 amide bonds. The molecule has 0 bridgehead atoms. The molecule has 0 aliphatic rings. The minimum Gasteiger partial charge on any atom is -0.352 e. The highest BCUT2D eigenvalue weighted by molar-refractivity contribution is 5.78. The van der Waals surface area contributed by atoms with E-state index in [-0.39, 0.29) is 18.9 Å². The Hall–Kier alpha value is -3.16. The zero-order valence-corrected chi connectivity index (χ0v) is 13.5. The van der Waals surface area contributed by atoms with Crippen LogP contribution in [0.1, 0.15) is 16.7 Å².